The Morgan fingerprint density at radius 3 is 1.32 bits per heavy atom. The molecule has 0 aromatic heterocycles. The molecular formula is C23H28N2O3. The molecule has 0 aliphatic heterocycles. The van der Waals surface area contributed by atoms with Gasteiger partial charge in [-0.3, -0.25) is 19.4 Å². The molecule has 5 heteroatoms. The molecule has 0 aliphatic carbocycles. The standard InChI is InChI=1S/C23H28N2O3/c1-3-5-17-24(21(26)19-13-9-7-10-14-19)23(28)25(18-6-4-2)22(27)20-15-11-8-12-16-20/h7-16H,3-6,17-18H2,1-2H3. The second-order valence-electron chi connectivity index (χ2n) is 6.64. The van der Waals surface area contributed by atoms with Crippen LogP contribution in [-0.2, 0) is 0 Å². The van der Waals surface area contributed by atoms with Gasteiger partial charge in [0.05, 0.1) is 0 Å². The summed E-state index contributed by atoms with van der Waals surface area (Å²) in [4.78, 5) is 41.7. The van der Waals surface area contributed by atoms with Gasteiger partial charge in [0.25, 0.3) is 11.8 Å². The van der Waals surface area contributed by atoms with Crippen LogP contribution in [0.15, 0.2) is 60.7 Å². The van der Waals surface area contributed by atoms with Crippen LogP contribution in [0.3, 0.4) is 0 Å². The van der Waals surface area contributed by atoms with Gasteiger partial charge in [0.1, 0.15) is 0 Å². The molecule has 148 valence electrons. The van der Waals surface area contributed by atoms with Crippen LogP contribution in [0.2, 0.25) is 0 Å². The molecule has 0 saturated carbocycles. The van der Waals surface area contributed by atoms with Crippen LogP contribution in [-0.4, -0.2) is 40.7 Å². The lowest BCUT2D eigenvalue weighted by Gasteiger charge is -2.28. The maximum Gasteiger partial charge on any atom is 0.333 e. The molecule has 0 N–H and O–H groups in total. The third-order valence-electron chi connectivity index (χ3n) is 4.46. The first-order valence-corrected chi connectivity index (χ1v) is 9.87. The van der Waals surface area contributed by atoms with E-state index in [1.807, 2.05) is 26.0 Å². The molecule has 0 fully saturated rings. The van der Waals surface area contributed by atoms with Crippen LogP contribution in [0.1, 0.15) is 60.2 Å². The lowest BCUT2D eigenvalue weighted by atomic mass is 10.1. The Bertz CT molecular complexity index is 709. The molecule has 0 bridgehead atoms. The van der Waals surface area contributed by atoms with E-state index >= 15 is 0 Å². The predicted octanol–water partition coefficient (Wildman–Crippen LogP) is 4.99. The summed E-state index contributed by atoms with van der Waals surface area (Å²) in [6.45, 7) is 4.57. The van der Waals surface area contributed by atoms with Crippen LogP contribution >= 0.6 is 0 Å². The molecule has 2 aromatic carbocycles. The highest BCUT2D eigenvalue weighted by Gasteiger charge is 2.31. The summed E-state index contributed by atoms with van der Waals surface area (Å²) < 4.78 is 0. The Labute approximate surface area is 167 Å². The van der Waals surface area contributed by atoms with Crippen molar-refractivity contribution >= 4 is 17.8 Å². The molecular weight excluding hydrogens is 352 g/mol. The number of unbranched alkanes of at least 4 members (excludes halogenated alkanes) is 2. The number of benzene rings is 2. The number of urea groups is 1. The fourth-order valence-corrected chi connectivity index (χ4v) is 2.82. The van der Waals surface area contributed by atoms with Crippen molar-refractivity contribution in [2.75, 3.05) is 13.1 Å². The number of amides is 4. The van der Waals surface area contributed by atoms with Gasteiger partial charge in [-0.15, -0.1) is 0 Å². The molecule has 0 saturated heterocycles. The summed E-state index contributed by atoms with van der Waals surface area (Å²) in [5, 5.41) is 0. The van der Waals surface area contributed by atoms with E-state index in [1.54, 1.807) is 48.5 Å². The van der Waals surface area contributed by atoms with Crippen LogP contribution in [0.4, 0.5) is 4.79 Å². The van der Waals surface area contributed by atoms with Gasteiger partial charge in [-0.25, -0.2) is 4.79 Å². The Kier molecular flexibility index (Phi) is 8.40. The van der Waals surface area contributed by atoms with Gasteiger partial charge in [-0.1, -0.05) is 63.1 Å². The van der Waals surface area contributed by atoms with Crippen molar-refractivity contribution < 1.29 is 14.4 Å². The van der Waals surface area contributed by atoms with E-state index in [-0.39, 0.29) is 24.9 Å². The summed E-state index contributed by atoms with van der Waals surface area (Å²) in [5.41, 5.74) is 0.879. The quantitative estimate of drug-likeness (QED) is 0.648. The van der Waals surface area contributed by atoms with E-state index in [0.29, 0.717) is 24.0 Å². The van der Waals surface area contributed by atoms with Crippen LogP contribution in [0.5, 0.6) is 0 Å². The zero-order valence-electron chi connectivity index (χ0n) is 16.6. The Hall–Kier alpha value is -2.95. The number of nitrogens with zero attached hydrogens (tertiary/aromatic N) is 2. The van der Waals surface area contributed by atoms with Gasteiger partial charge >= 0.3 is 6.03 Å². The molecule has 0 unspecified atom stereocenters. The second kappa shape index (κ2) is 11.0. The summed E-state index contributed by atoms with van der Waals surface area (Å²) in [5.74, 6) is -0.747. The molecule has 2 rings (SSSR count). The molecule has 0 heterocycles. The third kappa shape index (κ3) is 5.52. The van der Waals surface area contributed by atoms with Gasteiger partial charge in [0.15, 0.2) is 0 Å². The number of carbonyl (C=O) groups is 3. The summed E-state index contributed by atoms with van der Waals surface area (Å²) >= 11 is 0. The lowest BCUT2D eigenvalue weighted by Crippen LogP contribution is -2.49. The van der Waals surface area contributed by atoms with Gasteiger partial charge in [0.2, 0.25) is 0 Å². The first-order chi connectivity index (χ1) is 13.6. The molecule has 0 atom stereocenters. The van der Waals surface area contributed by atoms with E-state index in [9.17, 15) is 14.4 Å². The van der Waals surface area contributed by atoms with Crippen molar-refractivity contribution in [2.24, 2.45) is 0 Å². The molecule has 5 nitrogen and oxygen atoms in total. The minimum Gasteiger partial charge on any atom is -0.269 e. The third-order valence-corrected chi connectivity index (χ3v) is 4.46. The Morgan fingerprint density at radius 2 is 1.00 bits per heavy atom. The first kappa shape index (κ1) is 21.4. The molecule has 0 radical (unpaired) electrons. The first-order valence-electron chi connectivity index (χ1n) is 9.87. The predicted molar refractivity (Wildman–Crippen MR) is 110 cm³/mol. The van der Waals surface area contributed by atoms with Crippen molar-refractivity contribution in [3.05, 3.63) is 71.8 Å². The van der Waals surface area contributed by atoms with E-state index in [2.05, 4.69) is 0 Å². The molecule has 0 spiro atoms. The molecule has 0 aliphatic rings. The largest absolute Gasteiger partial charge is 0.333 e. The van der Waals surface area contributed by atoms with Crippen LogP contribution < -0.4 is 0 Å². The molecule has 4 amide bonds. The smallest absolute Gasteiger partial charge is 0.269 e. The fourth-order valence-electron chi connectivity index (χ4n) is 2.82. The highest BCUT2D eigenvalue weighted by molar-refractivity contribution is 6.11. The van der Waals surface area contributed by atoms with Crippen molar-refractivity contribution in [2.45, 2.75) is 39.5 Å². The minimum atomic E-state index is -0.551. The number of imide groups is 2. The minimum absolute atomic E-state index is 0.285. The number of carbonyl (C=O) groups excluding carboxylic acids is 3. The van der Waals surface area contributed by atoms with Gasteiger partial charge in [-0.05, 0) is 37.1 Å². The number of rotatable bonds is 8. The Balaban J connectivity index is 2.33. The van der Waals surface area contributed by atoms with E-state index in [4.69, 9.17) is 0 Å². The van der Waals surface area contributed by atoms with Gasteiger partial charge in [0, 0.05) is 24.2 Å². The van der Waals surface area contributed by atoms with E-state index in [0.717, 1.165) is 12.8 Å². The maximum absolute atomic E-state index is 13.3. The van der Waals surface area contributed by atoms with Crippen LogP contribution in [0.25, 0.3) is 0 Å². The van der Waals surface area contributed by atoms with Gasteiger partial charge < -0.3 is 0 Å². The van der Waals surface area contributed by atoms with Crippen molar-refractivity contribution in [1.82, 2.24) is 9.80 Å². The van der Waals surface area contributed by atoms with Gasteiger partial charge in [-0.2, -0.15) is 0 Å². The van der Waals surface area contributed by atoms with Crippen LogP contribution in [0, 0.1) is 0 Å². The SMILES string of the molecule is CCCCN(C(=O)c1ccccc1)C(=O)N(CCCC)C(=O)c1ccccc1. The molecule has 2 aromatic rings. The highest BCUT2D eigenvalue weighted by atomic mass is 16.2. The zero-order chi connectivity index (χ0) is 20.4. The topological polar surface area (TPSA) is 57.7 Å². The van der Waals surface area contributed by atoms with Crippen molar-refractivity contribution in [3.8, 4) is 0 Å². The van der Waals surface area contributed by atoms with E-state index in [1.165, 1.54) is 9.80 Å². The average molecular weight is 380 g/mol. The fraction of sp³-hybridized carbons (Fsp3) is 0.348. The number of hydrogen-bond donors (Lipinski definition) is 0. The zero-order valence-corrected chi connectivity index (χ0v) is 16.6. The maximum atomic E-state index is 13.3. The lowest BCUT2D eigenvalue weighted by molar-refractivity contribution is 0.0682. The Morgan fingerprint density at radius 1 is 0.643 bits per heavy atom. The summed E-state index contributed by atoms with van der Waals surface area (Å²) in [6.07, 6.45) is 3.05. The summed E-state index contributed by atoms with van der Waals surface area (Å²) in [7, 11) is 0. The number of hydrogen-bond acceptors (Lipinski definition) is 3. The second-order valence-corrected chi connectivity index (χ2v) is 6.64. The molecule has 28 heavy (non-hydrogen) atoms. The van der Waals surface area contributed by atoms with Crippen molar-refractivity contribution in [1.29, 1.82) is 0 Å². The highest BCUT2D eigenvalue weighted by Crippen LogP contribution is 2.14. The normalized spacial score (nSPS) is 10.4. The van der Waals surface area contributed by atoms with Crippen molar-refractivity contribution in [3.63, 3.8) is 0 Å². The monoisotopic (exact) mass is 380 g/mol. The van der Waals surface area contributed by atoms with E-state index < -0.39 is 6.03 Å². The summed E-state index contributed by atoms with van der Waals surface area (Å²) in [6, 6.07) is 16.9. The average Bonchev–Trinajstić information content (AvgIpc) is 2.75.